The minimum Gasteiger partial charge on any atom is -0.493 e. The van der Waals surface area contributed by atoms with Crippen LogP contribution in [0, 0.1) is 11.7 Å². The summed E-state index contributed by atoms with van der Waals surface area (Å²) in [6.45, 7) is 0.105. The third-order valence-corrected chi connectivity index (χ3v) is 8.05. The lowest BCUT2D eigenvalue weighted by Gasteiger charge is -2.32. The molecule has 0 unspecified atom stereocenters. The first-order valence-electron chi connectivity index (χ1n) is 14.5. The molecule has 1 saturated carbocycles. The molecule has 14 heteroatoms. The van der Waals surface area contributed by atoms with Crippen molar-refractivity contribution < 1.29 is 51.6 Å². The van der Waals surface area contributed by atoms with E-state index in [9.17, 15) is 32.3 Å². The number of aliphatic hydroxyl groups is 2. The van der Waals surface area contributed by atoms with Gasteiger partial charge in [-0.2, -0.15) is 13.2 Å². The maximum atomic E-state index is 14.8. The van der Waals surface area contributed by atoms with Gasteiger partial charge in [0.1, 0.15) is 23.9 Å². The molecule has 2 atom stereocenters. The molecule has 2 aliphatic rings. The van der Waals surface area contributed by atoms with Gasteiger partial charge in [0.25, 0.3) is 5.91 Å². The largest absolute Gasteiger partial charge is 0.493 e. The van der Waals surface area contributed by atoms with E-state index in [1.165, 1.54) is 37.4 Å². The fraction of sp³-hybridized carbons (Fsp3) is 0.406. The molecule has 1 fully saturated rings. The van der Waals surface area contributed by atoms with Crippen molar-refractivity contribution in [3.05, 3.63) is 71.2 Å². The number of pyridine rings is 1. The molecule has 2 aromatic carbocycles. The van der Waals surface area contributed by atoms with Crippen LogP contribution in [0.15, 0.2) is 48.5 Å². The van der Waals surface area contributed by atoms with Crippen molar-refractivity contribution in [3.8, 4) is 28.5 Å². The molecule has 3 aromatic rings. The van der Waals surface area contributed by atoms with Crippen molar-refractivity contribution in [2.24, 2.45) is 5.92 Å². The number of aliphatic hydroxyl groups excluding tert-OH is 1. The van der Waals surface area contributed by atoms with Gasteiger partial charge in [0.15, 0.2) is 11.5 Å². The van der Waals surface area contributed by atoms with Gasteiger partial charge in [0.2, 0.25) is 11.5 Å². The van der Waals surface area contributed by atoms with E-state index in [0.29, 0.717) is 0 Å². The molecule has 10 nitrogen and oxygen atoms in total. The Morgan fingerprint density at radius 3 is 2.43 bits per heavy atom. The topological polar surface area (TPSA) is 139 Å². The first-order chi connectivity index (χ1) is 21.8. The second kappa shape index (κ2) is 12.8. The molecule has 0 saturated heterocycles. The summed E-state index contributed by atoms with van der Waals surface area (Å²) in [6.07, 6.45) is -3.80. The summed E-state index contributed by atoms with van der Waals surface area (Å²) in [4.78, 5) is 29.6. The molecule has 0 spiro atoms. The molecular weight excluding hydrogens is 614 g/mol. The van der Waals surface area contributed by atoms with Gasteiger partial charge in [-0.25, -0.2) is 9.37 Å². The summed E-state index contributed by atoms with van der Waals surface area (Å²) < 4.78 is 74.5. The van der Waals surface area contributed by atoms with Crippen LogP contribution in [0.25, 0.3) is 11.3 Å². The molecule has 46 heavy (non-hydrogen) atoms. The van der Waals surface area contributed by atoms with Crippen LogP contribution in [0.3, 0.4) is 0 Å². The number of amides is 2. The summed E-state index contributed by atoms with van der Waals surface area (Å²) in [6, 6.07) is 9.85. The van der Waals surface area contributed by atoms with Crippen LogP contribution in [0.5, 0.6) is 17.2 Å². The number of alkyl halides is 3. The number of ether oxygens (including phenoxy) is 3. The van der Waals surface area contributed by atoms with Crippen molar-refractivity contribution in [1.29, 1.82) is 0 Å². The van der Waals surface area contributed by atoms with Gasteiger partial charge in [-0.3, -0.25) is 9.59 Å². The molecule has 2 amide bonds. The summed E-state index contributed by atoms with van der Waals surface area (Å²) >= 11 is 0. The van der Waals surface area contributed by atoms with Crippen LogP contribution in [0.2, 0.25) is 0 Å². The monoisotopic (exact) mass is 647 g/mol. The fourth-order valence-corrected chi connectivity index (χ4v) is 5.10. The Balaban J connectivity index is 1.51. The quantitative estimate of drug-likeness (QED) is 0.219. The average molecular weight is 648 g/mol. The molecule has 1 aliphatic carbocycles. The molecule has 246 valence electrons. The standard InChI is InChI=1S/C32H33F4N3O7/c1-30(15-37-28(41)19-3-4-19)17-46-27-22(30)14-25(39-26(27)18-5-8-21(33)9-6-18)31(43,32(34,35)36)16-38-29(42)20-7-10-23(45-12-11-40)24(13-20)44-2/h5-10,13-14,19,40,43H,3-4,11-12,15-17H2,1-2H3,(H,37,41)(H,38,42)/t30-,31-/m0/s1. The zero-order chi connectivity index (χ0) is 33.3. The van der Waals surface area contributed by atoms with Crippen LogP contribution in [0.4, 0.5) is 17.6 Å². The molecule has 5 rings (SSSR count). The van der Waals surface area contributed by atoms with E-state index >= 15 is 0 Å². The number of nitrogens with zero attached hydrogens (tertiary/aromatic N) is 1. The van der Waals surface area contributed by atoms with Gasteiger partial charge in [-0.1, -0.05) is 6.92 Å². The highest BCUT2D eigenvalue weighted by atomic mass is 19.4. The predicted molar refractivity (Wildman–Crippen MR) is 156 cm³/mol. The third-order valence-electron chi connectivity index (χ3n) is 8.05. The maximum absolute atomic E-state index is 14.8. The van der Waals surface area contributed by atoms with E-state index in [1.807, 2.05) is 0 Å². The highest BCUT2D eigenvalue weighted by molar-refractivity contribution is 5.95. The van der Waals surface area contributed by atoms with Crippen LogP contribution < -0.4 is 24.8 Å². The number of rotatable bonds is 12. The van der Waals surface area contributed by atoms with Gasteiger partial charge in [0.05, 0.1) is 32.6 Å². The summed E-state index contributed by atoms with van der Waals surface area (Å²) in [5, 5.41) is 25.3. The van der Waals surface area contributed by atoms with Gasteiger partial charge < -0.3 is 35.1 Å². The van der Waals surface area contributed by atoms with Gasteiger partial charge in [-0.15, -0.1) is 0 Å². The van der Waals surface area contributed by atoms with E-state index in [-0.39, 0.29) is 77.8 Å². The summed E-state index contributed by atoms with van der Waals surface area (Å²) in [7, 11) is 1.30. The highest BCUT2D eigenvalue weighted by Gasteiger charge is 2.57. The van der Waals surface area contributed by atoms with Gasteiger partial charge >= 0.3 is 6.18 Å². The zero-order valence-electron chi connectivity index (χ0n) is 25.0. The second-order valence-corrected chi connectivity index (χ2v) is 11.6. The van der Waals surface area contributed by atoms with Crippen molar-refractivity contribution in [2.75, 3.05) is 40.0 Å². The van der Waals surface area contributed by atoms with E-state index < -0.39 is 41.2 Å². The van der Waals surface area contributed by atoms with Crippen molar-refractivity contribution in [1.82, 2.24) is 15.6 Å². The number of carbonyl (C=O) groups is 2. The van der Waals surface area contributed by atoms with Crippen LogP contribution >= 0.6 is 0 Å². The highest BCUT2D eigenvalue weighted by Crippen LogP contribution is 2.48. The van der Waals surface area contributed by atoms with Crippen molar-refractivity contribution in [2.45, 2.75) is 37.0 Å². The maximum Gasteiger partial charge on any atom is 0.424 e. The number of benzene rings is 2. The Morgan fingerprint density at radius 1 is 1.09 bits per heavy atom. The number of methoxy groups -OCH3 is 1. The number of carbonyl (C=O) groups excluding carboxylic acids is 2. The molecule has 2 heterocycles. The lowest BCUT2D eigenvalue weighted by Crippen LogP contribution is -2.51. The minimum absolute atomic E-state index is 0.00631. The molecule has 4 N–H and O–H groups in total. The van der Waals surface area contributed by atoms with E-state index in [1.54, 1.807) is 6.92 Å². The lowest BCUT2D eigenvalue weighted by atomic mass is 9.82. The van der Waals surface area contributed by atoms with E-state index in [4.69, 9.17) is 19.3 Å². The third kappa shape index (κ3) is 6.58. The number of hydrogen-bond donors (Lipinski definition) is 4. The zero-order valence-corrected chi connectivity index (χ0v) is 25.0. The second-order valence-electron chi connectivity index (χ2n) is 11.6. The number of nitrogens with one attached hydrogen (secondary N) is 2. The fourth-order valence-electron chi connectivity index (χ4n) is 5.10. The van der Waals surface area contributed by atoms with Crippen molar-refractivity contribution in [3.63, 3.8) is 0 Å². The van der Waals surface area contributed by atoms with Gasteiger partial charge in [-0.05, 0) is 61.4 Å². The van der Waals surface area contributed by atoms with E-state index in [2.05, 4.69) is 15.6 Å². The average Bonchev–Trinajstić information content (AvgIpc) is 3.84. The summed E-state index contributed by atoms with van der Waals surface area (Å²) in [5.41, 5.74) is -5.17. The van der Waals surface area contributed by atoms with Crippen LogP contribution in [-0.2, 0) is 15.8 Å². The molecule has 0 bridgehead atoms. The number of hydrogen-bond acceptors (Lipinski definition) is 8. The molecule has 1 aliphatic heterocycles. The Labute approximate surface area is 261 Å². The Hall–Kier alpha value is -4.43. The number of aromatic nitrogens is 1. The Kier molecular flexibility index (Phi) is 9.14. The van der Waals surface area contributed by atoms with Gasteiger partial charge in [0, 0.05) is 34.6 Å². The molecule has 1 aromatic heterocycles. The van der Waals surface area contributed by atoms with Crippen molar-refractivity contribution >= 4 is 11.8 Å². The molecular formula is C32H33F4N3O7. The smallest absolute Gasteiger partial charge is 0.424 e. The SMILES string of the molecule is COc1cc(C(=O)NC[C@](O)(c2cc3c(c(-c4ccc(F)cc4)n2)OC[C@]3(C)CNC(=O)C2CC2)C(F)(F)F)ccc1OCCO. The Bertz CT molecular complexity index is 1610. The normalized spacial score (nSPS) is 18.6. The molecule has 0 radical (unpaired) electrons. The van der Waals surface area contributed by atoms with Crippen LogP contribution in [-0.4, -0.2) is 73.2 Å². The van der Waals surface area contributed by atoms with E-state index in [0.717, 1.165) is 31.0 Å². The number of fused-ring (bicyclic) bond motifs is 1. The lowest BCUT2D eigenvalue weighted by molar-refractivity contribution is -0.265. The predicted octanol–water partition coefficient (Wildman–Crippen LogP) is 3.62. The first-order valence-corrected chi connectivity index (χ1v) is 14.5. The first kappa shape index (κ1) is 32.9. The summed E-state index contributed by atoms with van der Waals surface area (Å²) in [5.74, 6) is -1.35. The van der Waals surface area contributed by atoms with Crippen LogP contribution in [0.1, 0.15) is 41.4 Å². The Morgan fingerprint density at radius 2 is 1.80 bits per heavy atom. The number of halogens is 4. The minimum atomic E-state index is -5.32.